The van der Waals surface area contributed by atoms with Gasteiger partial charge in [0.2, 0.25) is 5.91 Å². The summed E-state index contributed by atoms with van der Waals surface area (Å²) in [6.07, 6.45) is 1.05. The van der Waals surface area contributed by atoms with E-state index >= 15 is 0 Å². The highest BCUT2D eigenvalue weighted by molar-refractivity contribution is 5.82. The van der Waals surface area contributed by atoms with E-state index in [1.165, 1.54) is 23.4 Å². The average Bonchev–Trinajstić information content (AvgIpc) is 2.76. The zero-order valence-electron chi connectivity index (χ0n) is 12.1. The van der Waals surface area contributed by atoms with Crippen LogP contribution in [-0.4, -0.2) is 10.9 Å². The fourth-order valence-corrected chi connectivity index (χ4v) is 2.46. The van der Waals surface area contributed by atoms with Gasteiger partial charge >= 0.3 is 0 Å². The number of nitrogens with one attached hydrogen (secondary N) is 2. The van der Waals surface area contributed by atoms with E-state index in [9.17, 15) is 4.79 Å². The molecule has 102 valence electrons. The third-order valence-electron chi connectivity index (χ3n) is 3.47. The number of fused-ring (bicyclic) bond motifs is 1. The average molecular weight is 258 g/mol. The number of hydrogen-bond acceptors (Lipinski definition) is 1. The van der Waals surface area contributed by atoms with Crippen molar-refractivity contribution in [1.82, 2.24) is 10.3 Å². The predicted molar refractivity (Wildman–Crippen MR) is 79.3 cm³/mol. The van der Waals surface area contributed by atoms with Crippen LogP contribution in [0.2, 0.25) is 0 Å². The Hall–Kier alpha value is -1.77. The van der Waals surface area contributed by atoms with Crippen LogP contribution in [-0.2, 0) is 17.8 Å². The molecule has 1 amide bonds. The second-order valence-electron chi connectivity index (χ2n) is 5.35. The molecule has 0 aliphatic rings. The van der Waals surface area contributed by atoms with Crippen molar-refractivity contribution in [2.24, 2.45) is 0 Å². The second-order valence-corrected chi connectivity index (χ2v) is 5.35. The van der Waals surface area contributed by atoms with Crippen molar-refractivity contribution in [2.45, 2.75) is 46.6 Å². The molecule has 0 aliphatic heterocycles. The van der Waals surface area contributed by atoms with Gasteiger partial charge in [0.05, 0.1) is 6.54 Å². The number of rotatable bonds is 4. The molecule has 2 N–H and O–H groups in total. The lowest BCUT2D eigenvalue weighted by Crippen LogP contribution is -2.18. The monoisotopic (exact) mass is 258 g/mol. The first-order chi connectivity index (χ1) is 9.01. The van der Waals surface area contributed by atoms with Crippen molar-refractivity contribution in [2.75, 3.05) is 0 Å². The van der Waals surface area contributed by atoms with Crippen LogP contribution in [0.1, 0.15) is 50.4 Å². The minimum Gasteiger partial charge on any atom is -0.357 e. The molecule has 3 nitrogen and oxygen atoms in total. The SMILES string of the molecule is CCc1cc2cc(CNC(C)=O)[nH]c2cc1C(C)C. The van der Waals surface area contributed by atoms with E-state index in [2.05, 4.69) is 49.3 Å². The number of aryl methyl sites for hydroxylation is 1. The molecule has 19 heavy (non-hydrogen) atoms. The molecule has 0 radical (unpaired) electrons. The van der Waals surface area contributed by atoms with Crippen LogP contribution in [0.3, 0.4) is 0 Å². The summed E-state index contributed by atoms with van der Waals surface area (Å²) in [6, 6.07) is 6.63. The predicted octanol–water partition coefficient (Wildman–Crippen LogP) is 3.49. The van der Waals surface area contributed by atoms with Gasteiger partial charge in [0.1, 0.15) is 0 Å². The van der Waals surface area contributed by atoms with Gasteiger partial charge in [0.15, 0.2) is 0 Å². The van der Waals surface area contributed by atoms with Crippen molar-refractivity contribution in [3.05, 3.63) is 35.0 Å². The lowest BCUT2D eigenvalue weighted by Gasteiger charge is -2.11. The summed E-state index contributed by atoms with van der Waals surface area (Å²) in [5, 5.41) is 4.04. The normalized spacial score (nSPS) is 11.2. The summed E-state index contributed by atoms with van der Waals surface area (Å²) in [7, 11) is 0. The zero-order valence-corrected chi connectivity index (χ0v) is 12.1. The molecule has 0 spiro atoms. The molecule has 1 aromatic heterocycles. The van der Waals surface area contributed by atoms with Gasteiger partial charge in [-0.1, -0.05) is 20.8 Å². The van der Waals surface area contributed by atoms with Gasteiger partial charge in [-0.3, -0.25) is 4.79 Å². The molecule has 1 heterocycles. The maximum Gasteiger partial charge on any atom is 0.217 e. The number of amides is 1. The lowest BCUT2D eigenvalue weighted by atomic mass is 9.94. The molecule has 0 saturated carbocycles. The maximum absolute atomic E-state index is 11.0. The van der Waals surface area contributed by atoms with E-state index in [-0.39, 0.29) is 5.91 Å². The molecule has 0 bridgehead atoms. The largest absolute Gasteiger partial charge is 0.357 e. The quantitative estimate of drug-likeness (QED) is 0.866. The third-order valence-corrected chi connectivity index (χ3v) is 3.47. The number of carbonyl (C=O) groups excluding carboxylic acids is 1. The third kappa shape index (κ3) is 2.98. The van der Waals surface area contributed by atoms with Crippen molar-refractivity contribution in [3.8, 4) is 0 Å². The Bertz CT molecular complexity index is 596. The summed E-state index contributed by atoms with van der Waals surface area (Å²) in [5.74, 6) is 0.525. The van der Waals surface area contributed by atoms with Crippen LogP contribution in [0.5, 0.6) is 0 Å². The van der Waals surface area contributed by atoms with Gasteiger partial charge < -0.3 is 10.3 Å². The first kappa shape index (κ1) is 13.7. The van der Waals surface area contributed by atoms with E-state index < -0.39 is 0 Å². The van der Waals surface area contributed by atoms with Crippen molar-refractivity contribution in [1.29, 1.82) is 0 Å². The fraction of sp³-hybridized carbons (Fsp3) is 0.438. The standard InChI is InChI=1S/C16H22N2O/c1-5-12-6-13-7-14(9-17-11(4)19)18-16(13)8-15(12)10(2)3/h6-8,10,18H,5,9H2,1-4H3,(H,17,19). The van der Waals surface area contributed by atoms with Crippen molar-refractivity contribution >= 4 is 16.8 Å². The summed E-state index contributed by atoms with van der Waals surface area (Å²) in [5.41, 5.74) is 5.02. The summed E-state index contributed by atoms with van der Waals surface area (Å²) in [6.45, 7) is 8.73. The highest BCUT2D eigenvalue weighted by Gasteiger charge is 2.09. The van der Waals surface area contributed by atoms with Crippen LogP contribution in [0.25, 0.3) is 10.9 Å². The van der Waals surface area contributed by atoms with Crippen LogP contribution in [0.15, 0.2) is 18.2 Å². The molecule has 0 fully saturated rings. The minimum absolute atomic E-state index is 0.00391. The summed E-state index contributed by atoms with van der Waals surface area (Å²) in [4.78, 5) is 14.3. The molecule has 3 heteroatoms. The molecule has 2 aromatic rings. The molecule has 1 aromatic carbocycles. The van der Waals surface area contributed by atoms with Crippen LogP contribution in [0.4, 0.5) is 0 Å². The number of carbonyl (C=O) groups is 1. The number of H-pyrrole nitrogens is 1. The van der Waals surface area contributed by atoms with E-state index in [1.807, 2.05) is 0 Å². The highest BCUT2D eigenvalue weighted by atomic mass is 16.1. The number of hydrogen-bond donors (Lipinski definition) is 2. The Balaban J connectivity index is 2.39. The minimum atomic E-state index is -0.00391. The van der Waals surface area contributed by atoms with Crippen LogP contribution in [0, 0.1) is 0 Å². The van der Waals surface area contributed by atoms with Crippen LogP contribution < -0.4 is 5.32 Å². The Morgan fingerprint density at radius 3 is 2.63 bits per heavy atom. The number of aromatic amines is 1. The Labute approximate surface area is 114 Å². The van der Waals surface area contributed by atoms with E-state index in [1.54, 1.807) is 0 Å². The topological polar surface area (TPSA) is 44.9 Å². The Kier molecular flexibility index (Phi) is 3.93. The molecule has 0 aliphatic carbocycles. The first-order valence-corrected chi connectivity index (χ1v) is 6.90. The smallest absolute Gasteiger partial charge is 0.217 e. The highest BCUT2D eigenvalue weighted by Crippen LogP contribution is 2.26. The van der Waals surface area contributed by atoms with Gasteiger partial charge in [-0.2, -0.15) is 0 Å². The summed E-state index contributed by atoms with van der Waals surface area (Å²) < 4.78 is 0. The zero-order chi connectivity index (χ0) is 14.0. The lowest BCUT2D eigenvalue weighted by molar-refractivity contribution is -0.119. The molecule has 0 atom stereocenters. The van der Waals surface area contributed by atoms with Crippen molar-refractivity contribution in [3.63, 3.8) is 0 Å². The molecular formula is C16H22N2O. The van der Waals surface area contributed by atoms with Gasteiger partial charge in [0.25, 0.3) is 0 Å². The van der Waals surface area contributed by atoms with Gasteiger partial charge in [-0.05, 0) is 41.7 Å². The van der Waals surface area contributed by atoms with E-state index in [4.69, 9.17) is 0 Å². The second kappa shape index (κ2) is 5.47. The molecule has 0 saturated heterocycles. The molecule has 2 rings (SSSR count). The van der Waals surface area contributed by atoms with Gasteiger partial charge in [-0.25, -0.2) is 0 Å². The van der Waals surface area contributed by atoms with E-state index in [0.717, 1.165) is 17.6 Å². The van der Waals surface area contributed by atoms with E-state index in [0.29, 0.717) is 12.5 Å². The van der Waals surface area contributed by atoms with Gasteiger partial charge in [0, 0.05) is 23.5 Å². The van der Waals surface area contributed by atoms with Crippen LogP contribution >= 0.6 is 0 Å². The Morgan fingerprint density at radius 1 is 1.32 bits per heavy atom. The Morgan fingerprint density at radius 2 is 2.05 bits per heavy atom. The molecular weight excluding hydrogens is 236 g/mol. The maximum atomic E-state index is 11.0. The number of benzene rings is 1. The molecule has 0 unspecified atom stereocenters. The summed E-state index contributed by atoms with van der Waals surface area (Å²) >= 11 is 0. The fourth-order valence-electron chi connectivity index (χ4n) is 2.46. The van der Waals surface area contributed by atoms with Gasteiger partial charge in [-0.15, -0.1) is 0 Å². The number of aromatic nitrogens is 1. The van der Waals surface area contributed by atoms with Crippen molar-refractivity contribution < 1.29 is 4.79 Å². The first-order valence-electron chi connectivity index (χ1n) is 6.90.